The number of nitrogens with zero attached hydrogens (tertiary/aromatic N) is 3. The molecule has 0 aromatic carbocycles. The third-order valence-electron chi connectivity index (χ3n) is 2.16. The van der Waals surface area contributed by atoms with Gasteiger partial charge in [0.1, 0.15) is 9.38 Å². The van der Waals surface area contributed by atoms with Crippen molar-refractivity contribution in [3.8, 4) is 0 Å². The molecular weight excluding hydrogens is 316 g/mol. The van der Waals surface area contributed by atoms with Crippen molar-refractivity contribution in [2.75, 3.05) is 16.8 Å². The highest BCUT2D eigenvalue weighted by atomic mass is 32.2. The van der Waals surface area contributed by atoms with Crippen molar-refractivity contribution in [3.05, 3.63) is 5.01 Å². The molecule has 0 aliphatic carbocycles. The summed E-state index contributed by atoms with van der Waals surface area (Å²) >= 11 is 4.03. The third kappa shape index (κ3) is 4.88. The standard InChI is InChI=1S/C11H14N4O2S3/c1-6(2)3-9-14-15-10(20-9)12-7(16)4-18-11-13-8(17)5-19-11/h6H,3-5H2,1-2H3,(H,12,15,16). The molecule has 20 heavy (non-hydrogen) atoms. The summed E-state index contributed by atoms with van der Waals surface area (Å²) in [6.45, 7) is 4.22. The first kappa shape index (κ1) is 15.5. The molecule has 1 N–H and O–H groups in total. The number of nitrogens with one attached hydrogen (secondary N) is 1. The van der Waals surface area contributed by atoms with E-state index >= 15 is 0 Å². The van der Waals surface area contributed by atoms with E-state index in [0.29, 0.717) is 21.2 Å². The summed E-state index contributed by atoms with van der Waals surface area (Å²) in [4.78, 5) is 26.5. The molecule has 2 amide bonds. The maximum absolute atomic E-state index is 11.7. The van der Waals surface area contributed by atoms with Crippen LogP contribution in [0, 0.1) is 5.92 Å². The van der Waals surface area contributed by atoms with Gasteiger partial charge in [-0.3, -0.25) is 14.9 Å². The molecule has 2 heterocycles. The average molecular weight is 330 g/mol. The number of anilines is 1. The number of aliphatic imine (C=N–C) groups is 1. The second-order valence-electron chi connectivity index (χ2n) is 4.50. The van der Waals surface area contributed by atoms with Gasteiger partial charge in [0.2, 0.25) is 11.0 Å². The average Bonchev–Trinajstić information content (AvgIpc) is 2.95. The van der Waals surface area contributed by atoms with Gasteiger partial charge in [-0.15, -0.1) is 10.2 Å². The molecule has 0 atom stereocenters. The van der Waals surface area contributed by atoms with Crippen molar-refractivity contribution in [2.24, 2.45) is 10.9 Å². The fourth-order valence-electron chi connectivity index (χ4n) is 1.38. The van der Waals surface area contributed by atoms with Crippen LogP contribution in [0.25, 0.3) is 0 Å². The lowest BCUT2D eigenvalue weighted by Crippen LogP contribution is -2.14. The first-order chi connectivity index (χ1) is 9.52. The van der Waals surface area contributed by atoms with Gasteiger partial charge >= 0.3 is 0 Å². The molecule has 0 saturated heterocycles. The summed E-state index contributed by atoms with van der Waals surface area (Å²) in [5.41, 5.74) is 0. The van der Waals surface area contributed by atoms with Gasteiger partial charge in [-0.05, 0) is 5.92 Å². The Hall–Kier alpha value is -0.930. The normalized spacial score (nSPS) is 14.8. The van der Waals surface area contributed by atoms with Crippen molar-refractivity contribution < 1.29 is 9.59 Å². The Balaban J connectivity index is 1.78. The number of hydrogen-bond acceptors (Lipinski definition) is 7. The van der Waals surface area contributed by atoms with Crippen LogP contribution in [0.4, 0.5) is 5.13 Å². The van der Waals surface area contributed by atoms with E-state index in [1.165, 1.54) is 34.9 Å². The van der Waals surface area contributed by atoms with E-state index in [-0.39, 0.29) is 17.6 Å². The Labute approximate surface area is 129 Å². The van der Waals surface area contributed by atoms with Crippen molar-refractivity contribution >= 4 is 56.2 Å². The van der Waals surface area contributed by atoms with E-state index < -0.39 is 0 Å². The van der Waals surface area contributed by atoms with Gasteiger partial charge in [-0.1, -0.05) is 48.7 Å². The fraction of sp³-hybridized carbons (Fsp3) is 0.545. The molecule has 1 aliphatic heterocycles. The maximum Gasteiger partial charge on any atom is 0.257 e. The smallest absolute Gasteiger partial charge is 0.257 e. The Morgan fingerprint density at radius 2 is 2.25 bits per heavy atom. The Morgan fingerprint density at radius 1 is 1.45 bits per heavy atom. The molecule has 0 saturated carbocycles. The second-order valence-corrected chi connectivity index (χ2v) is 7.74. The van der Waals surface area contributed by atoms with Gasteiger partial charge in [0, 0.05) is 6.42 Å². The lowest BCUT2D eigenvalue weighted by Gasteiger charge is -2.00. The Bertz CT molecular complexity index is 542. The summed E-state index contributed by atoms with van der Waals surface area (Å²) in [5, 5.41) is 12.1. The summed E-state index contributed by atoms with van der Waals surface area (Å²) in [6.07, 6.45) is 0.859. The number of amides is 2. The molecule has 1 aromatic heterocycles. The summed E-state index contributed by atoms with van der Waals surface area (Å²) in [7, 11) is 0. The zero-order valence-electron chi connectivity index (χ0n) is 11.1. The minimum Gasteiger partial charge on any atom is -0.300 e. The van der Waals surface area contributed by atoms with Crippen LogP contribution >= 0.6 is 34.9 Å². The highest BCUT2D eigenvalue weighted by molar-refractivity contribution is 8.39. The van der Waals surface area contributed by atoms with E-state index in [4.69, 9.17) is 0 Å². The third-order valence-corrected chi connectivity index (χ3v) is 5.20. The quantitative estimate of drug-likeness (QED) is 0.889. The van der Waals surface area contributed by atoms with E-state index in [2.05, 4.69) is 34.4 Å². The van der Waals surface area contributed by atoms with E-state index in [1.807, 2.05) is 0 Å². The number of aromatic nitrogens is 2. The summed E-state index contributed by atoms with van der Waals surface area (Å²) in [6, 6.07) is 0. The van der Waals surface area contributed by atoms with Crippen LogP contribution in [0.5, 0.6) is 0 Å². The van der Waals surface area contributed by atoms with Crippen LogP contribution in [0.15, 0.2) is 4.99 Å². The van der Waals surface area contributed by atoms with Crippen molar-refractivity contribution in [1.29, 1.82) is 0 Å². The van der Waals surface area contributed by atoms with Crippen molar-refractivity contribution in [2.45, 2.75) is 20.3 Å². The van der Waals surface area contributed by atoms with Crippen LogP contribution in [-0.2, 0) is 16.0 Å². The molecule has 0 spiro atoms. The van der Waals surface area contributed by atoms with Crippen molar-refractivity contribution in [1.82, 2.24) is 10.2 Å². The molecule has 0 bridgehead atoms. The molecule has 9 heteroatoms. The summed E-state index contributed by atoms with van der Waals surface area (Å²) in [5.74, 6) is 0.805. The van der Waals surface area contributed by atoms with Gasteiger partial charge in [-0.2, -0.15) is 4.99 Å². The second kappa shape index (κ2) is 7.19. The molecule has 1 aliphatic rings. The molecule has 0 fully saturated rings. The highest BCUT2D eigenvalue weighted by Gasteiger charge is 2.17. The summed E-state index contributed by atoms with van der Waals surface area (Å²) < 4.78 is 0.655. The lowest BCUT2D eigenvalue weighted by molar-refractivity contribution is -0.115. The van der Waals surface area contributed by atoms with Crippen molar-refractivity contribution in [3.63, 3.8) is 0 Å². The van der Waals surface area contributed by atoms with Gasteiger partial charge in [0.25, 0.3) is 5.91 Å². The molecule has 2 rings (SSSR count). The number of carbonyl (C=O) groups is 2. The number of carbonyl (C=O) groups excluding carboxylic acids is 2. The minimum absolute atomic E-state index is 0.139. The minimum atomic E-state index is -0.162. The van der Waals surface area contributed by atoms with Gasteiger partial charge < -0.3 is 0 Å². The molecule has 6 nitrogen and oxygen atoms in total. The topological polar surface area (TPSA) is 84.3 Å². The first-order valence-corrected chi connectivity index (χ1v) is 8.81. The van der Waals surface area contributed by atoms with Crippen LogP contribution in [0.3, 0.4) is 0 Å². The molecule has 0 unspecified atom stereocenters. The molecule has 1 aromatic rings. The van der Waals surface area contributed by atoms with Crippen LogP contribution in [0.1, 0.15) is 18.9 Å². The predicted octanol–water partition coefficient (Wildman–Crippen LogP) is 2.04. The molecule has 108 valence electrons. The Morgan fingerprint density at radius 3 is 2.90 bits per heavy atom. The van der Waals surface area contributed by atoms with Gasteiger partial charge in [0.05, 0.1) is 11.5 Å². The zero-order valence-corrected chi connectivity index (χ0v) is 13.5. The fourth-order valence-corrected chi connectivity index (χ4v) is 4.01. The first-order valence-electron chi connectivity index (χ1n) is 6.02. The Kier molecular flexibility index (Phi) is 5.55. The maximum atomic E-state index is 11.7. The number of hydrogen-bond donors (Lipinski definition) is 1. The van der Waals surface area contributed by atoms with E-state index in [1.54, 1.807) is 0 Å². The largest absolute Gasteiger partial charge is 0.300 e. The number of thioether (sulfide) groups is 2. The van der Waals surface area contributed by atoms with Crippen LogP contribution < -0.4 is 5.32 Å². The van der Waals surface area contributed by atoms with Gasteiger partial charge in [0.15, 0.2) is 0 Å². The molecular formula is C11H14N4O2S3. The van der Waals surface area contributed by atoms with Crippen LogP contribution in [0.2, 0.25) is 0 Å². The SMILES string of the molecule is CC(C)Cc1nnc(NC(=O)CSC2=NC(=O)CS2)s1. The lowest BCUT2D eigenvalue weighted by atomic mass is 10.1. The zero-order chi connectivity index (χ0) is 14.5. The van der Waals surface area contributed by atoms with Crippen LogP contribution in [-0.4, -0.2) is 37.9 Å². The predicted molar refractivity (Wildman–Crippen MR) is 84.4 cm³/mol. The monoisotopic (exact) mass is 330 g/mol. The van der Waals surface area contributed by atoms with E-state index in [0.717, 1.165) is 11.4 Å². The number of rotatable bonds is 5. The highest BCUT2D eigenvalue weighted by Crippen LogP contribution is 2.23. The molecule has 0 radical (unpaired) electrons. The van der Waals surface area contributed by atoms with Gasteiger partial charge in [-0.25, -0.2) is 0 Å². The van der Waals surface area contributed by atoms with E-state index in [9.17, 15) is 9.59 Å².